The summed E-state index contributed by atoms with van der Waals surface area (Å²) < 4.78 is 10.5. The van der Waals surface area contributed by atoms with Crippen LogP contribution >= 0.6 is 0 Å². The monoisotopic (exact) mass is 339 g/mol. The van der Waals surface area contributed by atoms with Gasteiger partial charge in [0.1, 0.15) is 0 Å². The van der Waals surface area contributed by atoms with Crippen LogP contribution in [0.1, 0.15) is 27.9 Å². The standard InChI is InChI=1S/C20H21NO4/c1-13-5-4-6-15-16(22)9-10-21(20(13)15)19(23)12-14-7-8-17(24-2)18(11-14)25-3/h4-8,11H,9-10,12H2,1-3H3. The number of para-hydroxylation sites is 1. The van der Waals surface area contributed by atoms with E-state index in [0.29, 0.717) is 30.0 Å². The molecule has 1 amide bonds. The predicted molar refractivity (Wildman–Crippen MR) is 95.7 cm³/mol. The smallest absolute Gasteiger partial charge is 0.231 e. The Labute approximate surface area is 147 Å². The van der Waals surface area contributed by atoms with E-state index in [1.165, 1.54) is 0 Å². The molecule has 0 aliphatic carbocycles. The Kier molecular flexibility index (Phi) is 4.74. The highest BCUT2D eigenvalue weighted by Crippen LogP contribution is 2.32. The number of carbonyl (C=O) groups excluding carboxylic acids is 2. The fraction of sp³-hybridized carbons (Fsp3) is 0.300. The summed E-state index contributed by atoms with van der Waals surface area (Å²) >= 11 is 0. The molecule has 5 nitrogen and oxygen atoms in total. The summed E-state index contributed by atoms with van der Waals surface area (Å²) in [7, 11) is 3.15. The van der Waals surface area contributed by atoms with Crippen molar-refractivity contribution in [2.75, 3.05) is 25.7 Å². The number of ether oxygens (including phenoxy) is 2. The lowest BCUT2D eigenvalue weighted by molar-refractivity contribution is -0.118. The number of hydrogen-bond acceptors (Lipinski definition) is 4. The van der Waals surface area contributed by atoms with Crippen LogP contribution in [0.3, 0.4) is 0 Å². The van der Waals surface area contributed by atoms with Gasteiger partial charge in [0.25, 0.3) is 0 Å². The van der Waals surface area contributed by atoms with Crippen molar-refractivity contribution in [1.29, 1.82) is 0 Å². The lowest BCUT2D eigenvalue weighted by Crippen LogP contribution is -2.38. The molecular formula is C20H21NO4. The summed E-state index contributed by atoms with van der Waals surface area (Å²) in [6, 6.07) is 11.0. The van der Waals surface area contributed by atoms with Gasteiger partial charge in [-0.1, -0.05) is 18.2 Å². The first-order chi connectivity index (χ1) is 12.0. The van der Waals surface area contributed by atoms with Gasteiger partial charge in [0.05, 0.1) is 26.3 Å². The zero-order valence-corrected chi connectivity index (χ0v) is 14.7. The molecule has 5 heteroatoms. The highest BCUT2D eigenvalue weighted by Gasteiger charge is 2.28. The second kappa shape index (κ2) is 6.97. The third-order valence-electron chi connectivity index (χ3n) is 4.47. The molecular weight excluding hydrogens is 318 g/mol. The molecule has 0 saturated heterocycles. The minimum atomic E-state index is -0.0322. The molecule has 25 heavy (non-hydrogen) atoms. The largest absolute Gasteiger partial charge is 0.493 e. The number of hydrogen-bond donors (Lipinski definition) is 0. The van der Waals surface area contributed by atoms with Crippen molar-refractivity contribution < 1.29 is 19.1 Å². The van der Waals surface area contributed by atoms with Crippen molar-refractivity contribution in [2.45, 2.75) is 19.8 Å². The number of aryl methyl sites for hydroxylation is 1. The average Bonchev–Trinajstić information content (AvgIpc) is 2.62. The Hall–Kier alpha value is -2.82. The maximum Gasteiger partial charge on any atom is 0.231 e. The van der Waals surface area contributed by atoms with Crippen LogP contribution in [0.4, 0.5) is 5.69 Å². The highest BCUT2D eigenvalue weighted by molar-refractivity contribution is 6.09. The second-order valence-corrected chi connectivity index (χ2v) is 6.06. The maximum absolute atomic E-state index is 12.9. The van der Waals surface area contributed by atoms with E-state index in [9.17, 15) is 9.59 Å². The van der Waals surface area contributed by atoms with Gasteiger partial charge in [0, 0.05) is 18.5 Å². The number of nitrogens with zero attached hydrogens (tertiary/aromatic N) is 1. The minimum absolute atomic E-state index is 0.0322. The molecule has 0 saturated carbocycles. The number of carbonyl (C=O) groups is 2. The fourth-order valence-electron chi connectivity index (χ4n) is 3.21. The molecule has 2 aromatic rings. The van der Waals surface area contributed by atoms with E-state index in [0.717, 1.165) is 16.8 Å². The van der Waals surface area contributed by atoms with E-state index in [-0.39, 0.29) is 18.1 Å². The van der Waals surface area contributed by atoms with Crippen molar-refractivity contribution in [3.63, 3.8) is 0 Å². The molecule has 2 aromatic carbocycles. The Morgan fingerprint density at radius 1 is 1.12 bits per heavy atom. The van der Waals surface area contributed by atoms with Crippen LogP contribution < -0.4 is 14.4 Å². The summed E-state index contributed by atoms with van der Waals surface area (Å²) in [6.07, 6.45) is 0.594. The van der Waals surface area contributed by atoms with E-state index in [4.69, 9.17) is 9.47 Å². The number of Topliss-reactive ketones (excluding diaryl/α,β-unsaturated/α-hetero) is 1. The first kappa shape index (κ1) is 17.0. The zero-order chi connectivity index (χ0) is 18.0. The Balaban J connectivity index is 1.88. The summed E-state index contributed by atoms with van der Waals surface area (Å²) in [5.74, 6) is 1.28. The molecule has 0 atom stereocenters. The van der Waals surface area contributed by atoms with Gasteiger partial charge in [-0.15, -0.1) is 0 Å². The van der Waals surface area contributed by atoms with Crippen LogP contribution in [-0.2, 0) is 11.2 Å². The van der Waals surface area contributed by atoms with Crippen LogP contribution in [0.25, 0.3) is 0 Å². The van der Waals surface area contributed by atoms with Crippen molar-refractivity contribution in [3.05, 3.63) is 53.1 Å². The molecule has 1 aliphatic heterocycles. The number of amides is 1. The number of anilines is 1. The van der Waals surface area contributed by atoms with Crippen LogP contribution in [-0.4, -0.2) is 32.5 Å². The van der Waals surface area contributed by atoms with Gasteiger partial charge in [-0.05, 0) is 36.2 Å². The van der Waals surface area contributed by atoms with E-state index in [1.54, 1.807) is 31.3 Å². The fourth-order valence-corrected chi connectivity index (χ4v) is 3.21. The van der Waals surface area contributed by atoms with E-state index in [1.807, 2.05) is 31.2 Å². The van der Waals surface area contributed by atoms with Crippen LogP contribution in [0.2, 0.25) is 0 Å². The molecule has 3 rings (SSSR count). The molecule has 0 fully saturated rings. The van der Waals surface area contributed by atoms with E-state index >= 15 is 0 Å². The minimum Gasteiger partial charge on any atom is -0.493 e. The highest BCUT2D eigenvalue weighted by atomic mass is 16.5. The van der Waals surface area contributed by atoms with Crippen molar-refractivity contribution in [2.24, 2.45) is 0 Å². The number of fused-ring (bicyclic) bond motifs is 1. The third-order valence-corrected chi connectivity index (χ3v) is 4.47. The SMILES string of the molecule is COc1ccc(CC(=O)N2CCC(=O)c3cccc(C)c32)cc1OC. The van der Waals surface area contributed by atoms with Gasteiger partial charge in [-0.3, -0.25) is 9.59 Å². The van der Waals surface area contributed by atoms with Gasteiger partial charge in [0.15, 0.2) is 17.3 Å². The van der Waals surface area contributed by atoms with Gasteiger partial charge >= 0.3 is 0 Å². The lowest BCUT2D eigenvalue weighted by atomic mass is 9.96. The van der Waals surface area contributed by atoms with Crippen LogP contribution in [0, 0.1) is 6.92 Å². The summed E-state index contributed by atoms with van der Waals surface area (Å²) in [4.78, 5) is 26.8. The van der Waals surface area contributed by atoms with E-state index < -0.39 is 0 Å². The average molecular weight is 339 g/mol. The zero-order valence-electron chi connectivity index (χ0n) is 14.7. The Morgan fingerprint density at radius 2 is 1.88 bits per heavy atom. The lowest BCUT2D eigenvalue weighted by Gasteiger charge is -2.30. The van der Waals surface area contributed by atoms with Gasteiger partial charge < -0.3 is 14.4 Å². The summed E-state index contributed by atoms with van der Waals surface area (Å²) in [6.45, 7) is 2.34. The quantitative estimate of drug-likeness (QED) is 0.858. The topological polar surface area (TPSA) is 55.8 Å². The second-order valence-electron chi connectivity index (χ2n) is 6.06. The molecule has 0 N–H and O–H groups in total. The molecule has 0 aromatic heterocycles. The molecule has 0 spiro atoms. The number of rotatable bonds is 4. The number of ketones is 1. The van der Waals surface area contributed by atoms with Crippen LogP contribution in [0.5, 0.6) is 11.5 Å². The molecule has 1 aliphatic rings. The molecule has 130 valence electrons. The molecule has 1 heterocycles. The van der Waals surface area contributed by atoms with E-state index in [2.05, 4.69) is 0 Å². The van der Waals surface area contributed by atoms with Crippen LogP contribution in [0.15, 0.2) is 36.4 Å². The summed E-state index contributed by atoms with van der Waals surface area (Å²) in [5, 5.41) is 0. The number of benzene rings is 2. The van der Waals surface area contributed by atoms with Crippen molar-refractivity contribution in [1.82, 2.24) is 0 Å². The Bertz CT molecular complexity index is 828. The van der Waals surface area contributed by atoms with Crippen molar-refractivity contribution in [3.8, 4) is 11.5 Å². The van der Waals surface area contributed by atoms with Gasteiger partial charge in [-0.2, -0.15) is 0 Å². The number of methoxy groups -OCH3 is 2. The maximum atomic E-state index is 12.9. The molecule has 0 radical (unpaired) electrons. The summed E-state index contributed by atoms with van der Waals surface area (Å²) in [5.41, 5.74) is 3.15. The Morgan fingerprint density at radius 3 is 2.60 bits per heavy atom. The van der Waals surface area contributed by atoms with Gasteiger partial charge in [0.2, 0.25) is 5.91 Å². The normalized spacial score (nSPS) is 13.4. The van der Waals surface area contributed by atoms with Crippen molar-refractivity contribution >= 4 is 17.4 Å². The third kappa shape index (κ3) is 3.22. The molecule has 0 unspecified atom stereocenters. The first-order valence-electron chi connectivity index (χ1n) is 8.19. The van der Waals surface area contributed by atoms with Gasteiger partial charge in [-0.25, -0.2) is 0 Å². The predicted octanol–water partition coefficient (Wildman–Crippen LogP) is 3.17. The molecule has 0 bridgehead atoms. The first-order valence-corrected chi connectivity index (χ1v) is 8.19.